The van der Waals surface area contributed by atoms with Gasteiger partial charge in [0.05, 0.1) is 26.6 Å². The van der Waals surface area contributed by atoms with Gasteiger partial charge in [-0.2, -0.15) is 9.97 Å². The molecule has 2 saturated heterocycles. The third kappa shape index (κ3) is 11.1. The first kappa shape index (κ1) is 47.6. The van der Waals surface area contributed by atoms with E-state index in [1.807, 2.05) is 36.4 Å². The number of carbonyl (C=O) groups is 5. The molecule has 20 nitrogen and oxygen atoms in total. The zero-order chi connectivity index (χ0) is 48.6. The average molecular weight is 942 g/mol. The molecule has 4 aliphatic rings. The molecule has 0 spiro atoms. The molecule has 69 heavy (non-hydrogen) atoms. The smallest absolute Gasteiger partial charge is 0.252 e. The van der Waals surface area contributed by atoms with E-state index >= 15 is 0 Å². The third-order valence-electron chi connectivity index (χ3n) is 12.1. The van der Waals surface area contributed by atoms with Crippen LogP contribution in [0.5, 0.6) is 23.3 Å². The number of aryl methyl sites for hydroxylation is 2. The molecule has 8 heterocycles. The van der Waals surface area contributed by atoms with Gasteiger partial charge in [-0.05, 0) is 67.3 Å². The van der Waals surface area contributed by atoms with Crippen LogP contribution in [0.25, 0.3) is 22.3 Å². The predicted octanol–water partition coefficient (Wildman–Crippen LogP) is 3.17. The number of ether oxygens (including phenoxy) is 4. The van der Waals surface area contributed by atoms with Gasteiger partial charge in [0.2, 0.25) is 23.6 Å². The summed E-state index contributed by atoms with van der Waals surface area (Å²) in [7, 11) is 3.00. The van der Waals surface area contributed by atoms with Gasteiger partial charge >= 0.3 is 0 Å². The van der Waals surface area contributed by atoms with Crippen LogP contribution < -0.4 is 45.6 Å². The third-order valence-corrected chi connectivity index (χ3v) is 12.1. The van der Waals surface area contributed by atoms with Crippen LogP contribution in [0.15, 0.2) is 82.6 Å². The lowest BCUT2D eigenvalue weighted by Crippen LogP contribution is -2.28. The second kappa shape index (κ2) is 21.4. The number of nitrogens with two attached hydrogens (primary N) is 1. The molecule has 2 amide bonds. The van der Waals surface area contributed by atoms with Crippen molar-refractivity contribution < 1.29 is 42.9 Å². The first-order valence-corrected chi connectivity index (χ1v) is 22.6. The fourth-order valence-electron chi connectivity index (χ4n) is 8.66. The maximum Gasteiger partial charge on any atom is 0.252 e. The normalized spacial score (nSPS) is 17.3. The van der Waals surface area contributed by atoms with Crippen molar-refractivity contribution >= 4 is 63.4 Å². The van der Waals surface area contributed by atoms with E-state index < -0.39 is 0 Å². The number of aromatic nitrogens is 6. The summed E-state index contributed by atoms with van der Waals surface area (Å²) in [6.07, 6.45) is 8.22. The van der Waals surface area contributed by atoms with Crippen LogP contribution in [0.4, 0.5) is 11.4 Å². The largest absolute Gasteiger partial charge is 0.486 e. The highest BCUT2D eigenvalue weighted by Crippen LogP contribution is 2.34. The number of ketones is 2. The Bertz CT molecular complexity index is 3060. The molecule has 0 saturated carbocycles. The quantitative estimate of drug-likeness (QED) is 0.137. The number of fused-ring (bicyclic) bond motifs is 4. The highest BCUT2D eigenvalue weighted by Gasteiger charge is 2.32. The molecule has 6 aromatic rings. The minimum Gasteiger partial charge on any atom is -0.486 e. The fourth-order valence-corrected chi connectivity index (χ4v) is 8.66. The van der Waals surface area contributed by atoms with E-state index in [4.69, 9.17) is 24.7 Å². The zero-order valence-electron chi connectivity index (χ0n) is 38.2. The maximum absolute atomic E-state index is 12.7. The Kier molecular flexibility index (Phi) is 14.8. The number of methoxy groups -OCH3 is 2. The highest BCUT2D eigenvalue weighted by molar-refractivity contribution is 5.97. The Morgan fingerprint density at radius 2 is 1.19 bits per heavy atom. The molecule has 2 atom stereocenters. The second-order valence-corrected chi connectivity index (χ2v) is 17.0. The Balaban J connectivity index is 0.000000154. The lowest BCUT2D eigenvalue weighted by Gasteiger charge is -2.21. The number of benzene rings is 2. The summed E-state index contributed by atoms with van der Waals surface area (Å²) in [4.78, 5) is 102. The van der Waals surface area contributed by atoms with E-state index in [9.17, 15) is 33.6 Å². The molecule has 2 aromatic carbocycles. The SMILES string of the molecule is COc1cnc2ccc(=O)n(CCC=O)c2n1.COc1cnc2ccc(=O)n(CCCCC3CC(=O)N(c4ccc5c(c4)CC(=O)CO5)C3)c2n1.NC1CC(=O)N(c2ccc3c(c2)CC(=O)CO3)C1. The first-order valence-electron chi connectivity index (χ1n) is 22.6. The van der Waals surface area contributed by atoms with Gasteiger partial charge in [0.15, 0.2) is 22.9 Å². The number of amides is 2. The van der Waals surface area contributed by atoms with Crippen molar-refractivity contribution in [3.05, 3.63) is 105 Å². The number of anilines is 2. The van der Waals surface area contributed by atoms with Crippen molar-refractivity contribution in [1.82, 2.24) is 29.1 Å². The number of aldehydes is 1. The van der Waals surface area contributed by atoms with Gasteiger partial charge in [-0.25, -0.2) is 9.97 Å². The van der Waals surface area contributed by atoms with Crippen LogP contribution in [-0.2, 0) is 49.9 Å². The van der Waals surface area contributed by atoms with E-state index in [-0.39, 0.29) is 66.1 Å². The number of rotatable bonds is 12. The molecular formula is C49H51N9O11. The van der Waals surface area contributed by atoms with Crippen LogP contribution in [-0.4, -0.2) is 105 Å². The van der Waals surface area contributed by atoms with Crippen molar-refractivity contribution in [1.29, 1.82) is 0 Å². The van der Waals surface area contributed by atoms with Crippen molar-refractivity contribution in [2.75, 3.05) is 50.3 Å². The molecule has 2 unspecified atom stereocenters. The van der Waals surface area contributed by atoms with Crippen molar-refractivity contribution in [2.24, 2.45) is 11.7 Å². The number of hydrogen-bond donors (Lipinski definition) is 1. The van der Waals surface area contributed by atoms with E-state index in [1.165, 1.54) is 43.3 Å². The maximum atomic E-state index is 12.7. The van der Waals surface area contributed by atoms with E-state index in [0.717, 1.165) is 59.5 Å². The second-order valence-electron chi connectivity index (χ2n) is 17.0. The molecule has 2 fully saturated rings. The molecule has 0 radical (unpaired) electrons. The molecule has 0 aliphatic carbocycles. The lowest BCUT2D eigenvalue weighted by molar-refractivity contribution is -0.122. The summed E-state index contributed by atoms with van der Waals surface area (Å²) in [5.74, 6) is 2.65. The molecule has 10 rings (SSSR count). The monoisotopic (exact) mass is 941 g/mol. The number of nitrogens with zero attached hydrogens (tertiary/aromatic N) is 8. The van der Waals surface area contributed by atoms with Gasteiger partial charge in [-0.15, -0.1) is 0 Å². The molecule has 4 aromatic heterocycles. The van der Waals surface area contributed by atoms with E-state index in [2.05, 4.69) is 19.9 Å². The number of hydrogen-bond acceptors (Lipinski definition) is 16. The van der Waals surface area contributed by atoms with Gasteiger partial charge in [-0.1, -0.05) is 6.42 Å². The molecular weight excluding hydrogens is 891 g/mol. The summed E-state index contributed by atoms with van der Waals surface area (Å²) < 4.78 is 23.9. The van der Waals surface area contributed by atoms with Gasteiger partial charge in [-0.3, -0.25) is 37.9 Å². The average Bonchev–Trinajstić information content (AvgIpc) is 3.91. The highest BCUT2D eigenvalue weighted by atomic mass is 16.5. The number of unbranched alkanes of at least 4 members (excludes halogenated alkanes) is 1. The predicted molar refractivity (Wildman–Crippen MR) is 252 cm³/mol. The Hall–Kier alpha value is -7.87. The number of pyridine rings is 2. The standard InChI is InChI=1S/C25H26N4O5.C13H14N2O3.C11H11N3O3/c1-33-22-13-26-20-6-8-23(31)28(25(20)27-22)9-3-2-4-16-10-24(32)29(14-16)18-5-7-21-17(11-18)12-19(30)15-34-21;14-9-5-13(17)15(6-9)10-1-2-12-8(3-10)4-11(16)7-18-12;1-17-9-7-12-8-3-4-10(16)14(5-2-6-15)11(8)13-9/h5-8,11,13,16H,2-4,9-10,12,14-15H2,1H3;1-3,9H,4-7,14H2;3-4,6-7H,2,5H2,1H3. The van der Waals surface area contributed by atoms with Gasteiger partial charge in [0.1, 0.15) is 42.0 Å². The minimum atomic E-state index is -0.207. The van der Waals surface area contributed by atoms with Crippen LogP contribution in [0, 0.1) is 5.92 Å². The summed E-state index contributed by atoms with van der Waals surface area (Å²) in [6, 6.07) is 17.2. The summed E-state index contributed by atoms with van der Waals surface area (Å²) in [6.45, 7) is 2.26. The van der Waals surface area contributed by atoms with E-state index in [0.29, 0.717) is 86.0 Å². The van der Waals surface area contributed by atoms with Gasteiger partial charge in [0.25, 0.3) is 11.1 Å². The van der Waals surface area contributed by atoms with Crippen LogP contribution in [0.3, 0.4) is 0 Å². The van der Waals surface area contributed by atoms with Crippen molar-refractivity contribution in [3.63, 3.8) is 0 Å². The molecule has 0 bridgehead atoms. The molecule has 20 heteroatoms. The number of carbonyl (C=O) groups excluding carboxylic acids is 5. The Morgan fingerprint density at radius 3 is 1.70 bits per heavy atom. The Morgan fingerprint density at radius 1 is 0.667 bits per heavy atom. The molecule has 4 aliphatic heterocycles. The zero-order valence-corrected chi connectivity index (χ0v) is 38.2. The van der Waals surface area contributed by atoms with Crippen molar-refractivity contribution in [2.45, 2.75) is 70.5 Å². The fraction of sp³-hybridized carbons (Fsp3) is 0.367. The van der Waals surface area contributed by atoms with Crippen LogP contribution >= 0.6 is 0 Å². The number of Topliss-reactive ketones (excluding diaryl/α,β-unsaturated/α-hetero) is 2. The van der Waals surface area contributed by atoms with Gasteiger partial charge in [0, 0.05) is 99.0 Å². The topological polar surface area (TPSA) is 250 Å². The Labute approximate surface area is 395 Å². The van der Waals surface area contributed by atoms with Gasteiger partial charge < -0.3 is 39.3 Å². The summed E-state index contributed by atoms with van der Waals surface area (Å²) >= 11 is 0. The van der Waals surface area contributed by atoms with E-state index in [1.54, 1.807) is 26.5 Å². The van der Waals surface area contributed by atoms with Crippen LogP contribution in [0.2, 0.25) is 0 Å². The summed E-state index contributed by atoms with van der Waals surface area (Å²) in [5.41, 5.74) is 10.9. The minimum absolute atomic E-state index is 0.0329. The lowest BCUT2D eigenvalue weighted by atomic mass is 10.0. The summed E-state index contributed by atoms with van der Waals surface area (Å²) in [5, 5.41) is 0. The molecule has 2 N–H and O–H groups in total. The van der Waals surface area contributed by atoms with Crippen molar-refractivity contribution in [3.8, 4) is 23.3 Å². The first-order chi connectivity index (χ1) is 33.4. The molecule has 358 valence electrons. The van der Waals surface area contributed by atoms with Crippen LogP contribution in [0.1, 0.15) is 49.7 Å².